The van der Waals surface area contributed by atoms with Gasteiger partial charge in [0, 0.05) is 31.9 Å². The van der Waals surface area contributed by atoms with Crippen molar-refractivity contribution in [3.05, 3.63) is 24.5 Å². The summed E-state index contributed by atoms with van der Waals surface area (Å²) in [6.07, 6.45) is 5.73. The van der Waals surface area contributed by atoms with Gasteiger partial charge in [-0.05, 0) is 30.5 Å². The molecule has 0 bridgehead atoms. The minimum absolute atomic E-state index is 0.0946. The van der Waals surface area contributed by atoms with Crippen molar-refractivity contribution in [1.29, 1.82) is 0 Å². The fourth-order valence-corrected chi connectivity index (χ4v) is 2.40. The molecule has 1 aromatic heterocycles. The maximum absolute atomic E-state index is 12.2. The van der Waals surface area contributed by atoms with E-state index >= 15 is 0 Å². The van der Waals surface area contributed by atoms with Gasteiger partial charge in [-0.2, -0.15) is 0 Å². The third-order valence-corrected chi connectivity index (χ3v) is 3.75. The van der Waals surface area contributed by atoms with E-state index in [0.717, 1.165) is 19.5 Å². The second-order valence-electron chi connectivity index (χ2n) is 5.96. The Labute approximate surface area is 109 Å². The molecule has 0 aliphatic carbocycles. The SMILES string of the molecule is CC(C)(CN)CC(=O)N1CCC(n2cccc2)C1. The summed E-state index contributed by atoms with van der Waals surface area (Å²) in [5, 5.41) is 0. The molecule has 1 aromatic rings. The lowest BCUT2D eigenvalue weighted by Gasteiger charge is -2.25. The molecular weight excluding hydrogens is 226 g/mol. The van der Waals surface area contributed by atoms with Crippen LogP contribution in [0.25, 0.3) is 0 Å². The van der Waals surface area contributed by atoms with Crippen LogP contribution in [0, 0.1) is 5.41 Å². The number of carbonyl (C=O) groups excluding carboxylic acids is 1. The smallest absolute Gasteiger partial charge is 0.223 e. The quantitative estimate of drug-likeness (QED) is 0.882. The van der Waals surface area contributed by atoms with Crippen molar-refractivity contribution in [2.75, 3.05) is 19.6 Å². The summed E-state index contributed by atoms with van der Waals surface area (Å²) < 4.78 is 2.20. The van der Waals surface area contributed by atoms with Crippen molar-refractivity contribution in [3.63, 3.8) is 0 Å². The van der Waals surface area contributed by atoms with E-state index in [1.807, 2.05) is 30.9 Å². The standard InChI is InChI=1S/C14H23N3O/c1-14(2,11-15)9-13(18)17-8-5-12(10-17)16-6-3-4-7-16/h3-4,6-7,12H,5,8-11,15H2,1-2H3. The second-order valence-corrected chi connectivity index (χ2v) is 5.96. The molecule has 0 saturated carbocycles. The number of nitrogens with two attached hydrogens (primary N) is 1. The second kappa shape index (κ2) is 5.14. The van der Waals surface area contributed by atoms with E-state index in [1.54, 1.807) is 0 Å². The highest BCUT2D eigenvalue weighted by atomic mass is 16.2. The van der Waals surface area contributed by atoms with Gasteiger partial charge in [0.15, 0.2) is 0 Å². The van der Waals surface area contributed by atoms with Gasteiger partial charge in [-0.3, -0.25) is 4.79 Å². The maximum Gasteiger partial charge on any atom is 0.223 e. The molecular formula is C14H23N3O. The van der Waals surface area contributed by atoms with Crippen LogP contribution in [-0.4, -0.2) is 35.0 Å². The largest absolute Gasteiger partial charge is 0.349 e. The van der Waals surface area contributed by atoms with Gasteiger partial charge in [0.25, 0.3) is 0 Å². The summed E-state index contributed by atoms with van der Waals surface area (Å²) in [4.78, 5) is 14.2. The average Bonchev–Trinajstić information content (AvgIpc) is 2.99. The van der Waals surface area contributed by atoms with Gasteiger partial charge in [0.1, 0.15) is 0 Å². The summed E-state index contributed by atoms with van der Waals surface area (Å²) >= 11 is 0. The van der Waals surface area contributed by atoms with Gasteiger partial charge < -0.3 is 15.2 Å². The highest BCUT2D eigenvalue weighted by molar-refractivity contribution is 5.77. The highest BCUT2D eigenvalue weighted by Gasteiger charge is 2.30. The van der Waals surface area contributed by atoms with Crippen LogP contribution < -0.4 is 5.73 Å². The average molecular weight is 249 g/mol. The molecule has 1 unspecified atom stereocenters. The summed E-state index contributed by atoms with van der Waals surface area (Å²) in [6, 6.07) is 4.49. The van der Waals surface area contributed by atoms with E-state index in [2.05, 4.69) is 17.0 Å². The van der Waals surface area contributed by atoms with Gasteiger partial charge in [-0.15, -0.1) is 0 Å². The zero-order valence-corrected chi connectivity index (χ0v) is 11.3. The van der Waals surface area contributed by atoms with Crippen molar-refractivity contribution in [2.24, 2.45) is 11.1 Å². The van der Waals surface area contributed by atoms with Crippen LogP contribution in [0.15, 0.2) is 24.5 Å². The summed E-state index contributed by atoms with van der Waals surface area (Å²) in [5.74, 6) is 0.236. The molecule has 1 aliphatic heterocycles. The Morgan fingerprint density at radius 2 is 2.06 bits per heavy atom. The molecule has 2 heterocycles. The number of rotatable bonds is 4. The lowest BCUT2D eigenvalue weighted by atomic mass is 9.89. The fourth-order valence-electron chi connectivity index (χ4n) is 2.40. The Morgan fingerprint density at radius 3 is 2.67 bits per heavy atom. The predicted molar refractivity (Wildman–Crippen MR) is 72.1 cm³/mol. The van der Waals surface area contributed by atoms with E-state index in [9.17, 15) is 4.79 Å². The summed E-state index contributed by atoms with van der Waals surface area (Å²) in [5.41, 5.74) is 5.59. The van der Waals surface area contributed by atoms with E-state index in [-0.39, 0.29) is 11.3 Å². The zero-order valence-electron chi connectivity index (χ0n) is 11.3. The minimum Gasteiger partial charge on any atom is -0.349 e. The Balaban J connectivity index is 1.91. The molecule has 2 N–H and O–H groups in total. The van der Waals surface area contributed by atoms with E-state index in [4.69, 9.17) is 5.73 Å². The van der Waals surface area contributed by atoms with Crippen molar-refractivity contribution in [3.8, 4) is 0 Å². The molecule has 1 aliphatic rings. The summed E-state index contributed by atoms with van der Waals surface area (Å²) in [7, 11) is 0. The van der Waals surface area contributed by atoms with Crippen LogP contribution in [0.3, 0.4) is 0 Å². The van der Waals surface area contributed by atoms with Crippen LogP contribution >= 0.6 is 0 Å². The Morgan fingerprint density at radius 1 is 1.39 bits per heavy atom. The van der Waals surface area contributed by atoms with Crippen molar-refractivity contribution in [1.82, 2.24) is 9.47 Å². The normalized spacial score (nSPS) is 20.4. The maximum atomic E-state index is 12.2. The topological polar surface area (TPSA) is 51.3 Å². The van der Waals surface area contributed by atoms with E-state index in [0.29, 0.717) is 19.0 Å². The minimum atomic E-state index is -0.0946. The van der Waals surface area contributed by atoms with Gasteiger partial charge in [-0.25, -0.2) is 0 Å². The van der Waals surface area contributed by atoms with Crippen molar-refractivity contribution in [2.45, 2.75) is 32.7 Å². The number of aromatic nitrogens is 1. The molecule has 4 heteroatoms. The van der Waals surface area contributed by atoms with Gasteiger partial charge >= 0.3 is 0 Å². The first-order chi connectivity index (χ1) is 8.52. The first kappa shape index (κ1) is 13.1. The Bertz CT molecular complexity index is 397. The van der Waals surface area contributed by atoms with Gasteiger partial charge in [0.05, 0.1) is 6.04 Å². The van der Waals surface area contributed by atoms with Crippen LogP contribution in [-0.2, 0) is 4.79 Å². The highest BCUT2D eigenvalue weighted by Crippen LogP contribution is 2.25. The number of carbonyl (C=O) groups is 1. The van der Waals surface area contributed by atoms with Gasteiger partial charge in [-0.1, -0.05) is 13.8 Å². The van der Waals surface area contributed by atoms with Gasteiger partial charge in [0.2, 0.25) is 5.91 Å². The molecule has 18 heavy (non-hydrogen) atoms. The predicted octanol–water partition coefficient (Wildman–Crippen LogP) is 1.64. The first-order valence-corrected chi connectivity index (χ1v) is 6.62. The van der Waals surface area contributed by atoms with Crippen LogP contribution in [0.2, 0.25) is 0 Å². The van der Waals surface area contributed by atoms with Crippen LogP contribution in [0.5, 0.6) is 0 Å². The van der Waals surface area contributed by atoms with Crippen molar-refractivity contribution < 1.29 is 4.79 Å². The zero-order chi connectivity index (χ0) is 13.2. The summed E-state index contributed by atoms with van der Waals surface area (Å²) in [6.45, 7) is 6.33. The molecule has 0 aromatic carbocycles. The Kier molecular flexibility index (Phi) is 3.76. The molecule has 0 radical (unpaired) electrons. The van der Waals surface area contributed by atoms with Crippen molar-refractivity contribution >= 4 is 5.91 Å². The number of hydrogen-bond donors (Lipinski definition) is 1. The molecule has 0 spiro atoms. The Hall–Kier alpha value is -1.29. The lowest BCUT2D eigenvalue weighted by Crippen LogP contribution is -2.35. The first-order valence-electron chi connectivity index (χ1n) is 6.62. The molecule has 1 saturated heterocycles. The fraction of sp³-hybridized carbons (Fsp3) is 0.643. The lowest BCUT2D eigenvalue weighted by molar-refractivity contribution is -0.132. The third kappa shape index (κ3) is 2.93. The van der Waals surface area contributed by atoms with E-state index < -0.39 is 0 Å². The van der Waals surface area contributed by atoms with E-state index in [1.165, 1.54) is 0 Å². The third-order valence-electron chi connectivity index (χ3n) is 3.75. The molecule has 100 valence electrons. The number of likely N-dealkylation sites (tertiary alicyclic amines) is 1. The molecule has 1 amide bonds. The molecule has 1 fully saturated rings. The monoisotopic (exact) mass is 249 g/mol. The number of amides is 1. The van der Waals surface area contributed by atoms with Crippen LogP contribution in [0.4, 0.5) is 0 Å². The molecule has 1 atom stereocenters. The number of nitrogens with zero attached hydrogens (tertiary/aromatic N) is 2. The van der Waals surface area contributed by atoms with Crippen LogP contribution in [0.1, 0.15) is 32.7 Å². The number of hydrogen-bond acceptors (Lipinski definition) is 2. The molecule has 2 rings (SSSR count). The molecule has 4 nitrogen and oxygen atoms in total.